The average Bonchev–Trinajstić information content (AvgIpc) is 3.40. The number of amides is 1. The number of rotatable bonds is 4. The van der Waals surface area contributed by atoms with E-state index in [0.717, 1.165) is 17.7 Å². The van der Waals surface area contributed by atoms with Crippen LogP contribution in [0.2, 0.25) is 0 Å². The van der Waals surface area contributed by atoms with Gasteiger partial charge in [0.1, 0.15) is 5.69 Å². The second kappa shape index (κ2) is 6.43. The summed E-state index contributed by atoms with van der Waals surface area (Å²) in [6.45, 7) is 3.35. The molecular weight excluding hydrogens is 318 g/mol. The zero-order chi connectivity index (χ0) is 17.4. The quantitative estimate of drug-likeness (QED) is 0.929. The van der Waals surface area contributed by atoms with E-state index in [4.69, 9.17) is 9.47 Å². The molecule has 0 spiro atoms. The lowest BCUT2D eigenvalue weighted by molar-refractivity contribution is 0.0936. The molecular formula is C19H23N3O3. The Hall–Kier alpha value is -2.50. The third-order valence-electron chi connectivity index (χ3n) is 4.78. The highest BCUT2D eigenvalue weighted by Crippen LogP contribution is 2.35. The highest BCUT2D eigenvalue weighted by atomic mass is 16.5. The zero-order valence-electron chi connectivity index (χ0n) is 14.6. The first-order valence-corrected chi connectivity index (χ1v) is 8.86. The molecule has 2 heterocycles. The number of carbonyl (C=O) groups is 1. The molecule has 1 aromatic carbocycles. The Balaban J connectivity index is 1.64. The summed E-state index contributed by atoms with van der Waals surface area (Å²) in [6, 6.07) is 5.92. The third-order valence-corrected chi connectivity index (χ3v) is 4.78. The van der Waals surface area contributed by atoms with Crippen LogP contribution in [0, 0.1) is 5.92 Å². The van der Waals surface area contributed by atoms with Crippen LogP contribution in [0.4, 0.5) is 0 Å². The fourth-order valence-corrected chi connectivity index (χ4v) is 3.18. The second-order valence-electron chi connectivity index (χ2n) is 6.88. The van der Waals surface area contributed by atoms with Crippen LogP contribution < -0.4 is 14.8 Å². The molecule has 25 heavy (non-hydrogen) atoms. The second-order valence-corrected chi connectivity index (χ2v) is 6.88. The van der Waals surface area contributed by atoms with E-state index in [1.807, 2.05) is 25.2 Å². The molecule has 2 aromatic rings. The Bertz CT molecular complexity index is 795. The fraction of sp³-hybridized carbons (Fsp3) is 0.474. The molecule has 4 rings (SSSR count). The van der Waals surface area contributed by atoms with Gasteiger partial charge in [0, 0.05) is 31.3 Å². The highest BCUT2D eigenvalue weighted by molar-refractivity contribution is 6.00. The van der Waals surface area contributed by atoms with Gasteiger partial charge in [0.05, 0.1) is 18.8 Å². The number of aromatic nitrogens is 2. The molecule has 1 N–H and O–H groups in total. The van der Waals surface area contributed by atoms with E-state index >= 15 is 0 Å². The van der Waals surface area contributed by atoms with Crippen LogP contribution in [-0.4, -0.2) is 34.9 Å². The molecule has 1 amide bonds. The van der Waals surface area contributed by atoms with E-state index in [0.29, 0.717) is 36.1 Å². The Morgan fingerprint density at radius 3 is 2.80 bits per heavy atom. The minimum atomic E-state index is -0.0744. The van der Waals surface area contributed by atoms with E-state index in [1.165, 1.54) is 12.8 Å². The number of benzene rings is 1. The Morgan fingerprint density at radius 1 is 1.28 bits per heavy atom. The van der Waals surface area contributed by atoms with E-state index in [1.54, 1.807) is 10.9 Å². The van der Waals surface area contributed by atoms with Gasteiger partial charge in [-0.05, 0) is 43.9 Å². The van der Waals surface area contributed by atoms with Gasteiger partial charge >= 0.3 is 0 Å². The maximum Gasteiger partial charge on any atom is 0.255 e. The number of fused-ring (bicyclic) bond motifs is 1. The lowest BCUT2D eigenvalue weighted by Crippen LogP contribution is -2.34. The SMILES string of the molecule is C[C@H](NC(=O)c1cn(C)nc1-c1ccc2c(c1)OCCCO2)C1CC1. The van der Waals surface area contributed by atoms with Crippen molar-refractivity contribution in [3.05, 3.63) is 30.0 Å². The van der Waals surface area contributed by atoms with Crippen LogP contribution in [0.25, 0.3) is 11.3 Å². The summed E-state index contributed by atoms with van der Waals surface area (Å²) < 4.78 is 13.1. The van der Waals surface area contributed by atoms with Gasteiger partial charge in [0.15, 0.2) is 11.5 Å². The van der Waals surface area contributed by atoms with E-state index in [-0.39, 0.29) is 11.9 Å². The molecule has 1 aromatic heterocycles. The van der Waals surface area contributed by atoms with Crippen LogP contribution in [0.15, 0.2) is 24.4 Å². The van der Waals surface area contributed by atoms with Crippen molar-refractivity contribution in [2.24, 2.45) is 13.0 Å². The summed E-state index contributed by atoms with van der Waals surface area (Å²) in [5.74, 6) is 1.99. The van der Waals surface area contributed by atoms with Gasteiger partial charge in [-0.2, -0.15) is 5.10 Å². The van der Waals surface area contributed by atoms with Crippen molar-refractivity contribution in [3.8, 4) is 22.8 Å². The van der Waals surface area contributed by atoms with E-state index in [9.17, 15) is 4.79 Å². The van der Waals surface area contributed by atoms with Gasteiger partial charge < -0.3 is 14.8 Å². The summed E-state index contributed by atoms with van der Waals surface area (Å²) in [7, 11) is 1.83. The topological polar surface area (TPSA) is 65.4 Å². The van der Waals surface area contributed by atoms with Gasteiger partial charge in [-0.1, -0.05) is 0 Å². The molecule has 0 unspecified atom stereocenters. The summed E-state index contributed by atoms with van der Waals surface area (Å²) in [5, 5.41) is 7.61. The molecule has 1 atom stereocenters. The number of hydrogen-bond acceptors (Lipinski definition) is 4. The number of hydrogen-bond donors (Lipinski definition) is 1. The van der Waals surface area contributed by atoms with Crippen LogP contribution in [0.3, 0.4) is 0 Å². The summed E-state index contributed by atoms with van der Waals surface area (Å²) >= 11 is 0. The molecule has 6 heteroatoms. The highest BCUT2D eigenvalue weighted by Gasteiger charge is 2.30. The van der Waals surface area contributed by atoms with Crippen LogP contribution in [-0.2, 0) is 7.05 Å². The van der Waals surface area contributed by atoms with Gasteiger partial charge in [0.25, 0.3) is 5.91 Å². The number of nitrogens with one attached hydrogen (secondary N) is 1. The van der Waals surface area contributed by atoms with Gasteiger partial charge in [0.2, 0.25) is 0 Å². The number of ether oxygens (including phenoxy) is 2. The predicted octanol–water partition coefficient (Wildman–Crippen LogP) is 2.78. The molecule has 6 nitrogen and oxygen atoms in total. The first-order chi connectivity index (χ1) is 12.1. The van der Waals surface area contributed by atoms with Crippen molar-refractivity contribution in [2.75, 3.05) is 13.2 Å². The molecule has 0 saturated heterocycles. The summed E-state index contributed by atoms with van der Waals surface area (Å²) in [4.78, 5) is 12.7. The molecule has 1 aliphatic heterocycles. The average molecular weight is 341 g/mol. The van der Waals surface area contributed by atoms with Gasteiger partial charge in [-0.15, -0.1) is 0 Å². The fourth-order valence-electron chi connectivity index (χ4n) is 3.18. The monoisotopic (exact) mass is 341 g/mol. The molecule has 2 aliphatic rings. The summed E-state index contributed by atoms with van der Waals surface area (Å²) in [5.41, 5.74) is 2.11. The zero-order valence-corrected chi connectivity index (χ0v) is 14.6. The van der Waals surface area contributed by atoms with Crippen molar-refractivity contribution < 1.29 is 14.3 Å². The summed E-state index contributed by atoms with van der Waals surface area (Å²) in [6.07, 6.45) is 5.03. The van der Waals surface area contributed by atoms with Crippen LogP contribution in [0.1, 0.15) is 36.5 Å². The van der Waals surface area contributed by atoms with E-state index < -0.39 is 0 Å². The smallest absolute Gasteiger partial charge is 0.255 e. The lowest BCUT2D eigenvalue weighted by Gasteiger charge is -2.13. The minimum Gasteiger partial charge on any atom is -0.490 e. The number of nitrogens with zero attached hydrogens (tertiary/aromatic N) is 2. The largest absolute Gasteiger partial charge is 0.490 e. The maximum atomic E-state index is 12.7. The van der Waals surface area contributed by atoms with Crippen molar-refractivity contribution in [1.29, 1.82) is 0 Å². The third kappa shape index (κ3) is 3.34. The molecule has 0 bridgehead atoms. The minimum absolute atomic E-state index is 0.0744. The van der Waals surface area contributed by atoms with Gasteiger partial charge in [-0.25, -0.2) is 0 Å². The Morgan fingerprint density at radius 2 is 2.04 bits per heavy atom. The number of aryl methyl sites for hydroxylation is 1. The van der Waals surface area contributed by atoms with Crippen LogP contribution in [0.5, 0.6) is 11.5 Å². The number of carbonyl (C=O) groups excluding carboxylic acids is 1. The van der Waals surface area contributed by atoms with Crippen molar-refractivity contribution in [2.45, 2.75) is 32.2 Å². The maximum absolute atomic E-state index is 12.7. The van der Waals surface area contributed by atoms with Crippen molar-refractivity contribution in [3.63, 3.8) is 0 Å². The predicted molar refractivity (Wildman–Crippen MR) is 93.9 cm³/mol. The molecule has 1 saturated carbocycles. The van der Waals surface area contributed by atoms with Crippen LogP contribution >= 0.6 is 0 Å². The Kier molecular flexibility index (Phi) is 4.11. The van der Waals surface area contributed by atoms with Crippen molar-refractivity contribution in [1.82, 2.24) is 15.1 Å². The van der Waals surface area contributed by atoms with E-state index in [2.05, 4.69) is 17.3 Å². The first kappa shape index (κ1) is 16.0. The molecule has 1 aliphatic carbocycles. The van der Waals surface area contributed by atoms with Crippen molar-refractivity contribution >= 4 is 5.91 Å². The first-order valence-electron chi connectivity index (χ1n) is 8.86. The molecule has 0 radical (unpaired) electrons. The molecule has 1 fully saturated rings. The standard InChI is InChI=1S/C19H23N3O3/c1-12(13-4-5-13)20-19(23)15-11-22(2)21-18(15)14-6-7-16-17(10-14)25-9-3-8-24-16/h6-7,10-13H,3-5,8-9H2,1-2H3,(H,20,23)/t12-/m0/s1. The lowest BCUT2D eigenvalue weighted by atomic mass is 10.1. The van der Waals surface area contributed by atoms with Gasteiger partial charge in [-0.3, -0.25) is 9.48 Å². The normalized spacial score (nSPS) is 17.7. The molecule has 132 valence electrons. The Labute approximate surface area is 147 Å².